The summed E-state index contributed by atoms with van der Waals surface area (Å²) in [4.78, 5) is 18.5. The summed E-state index contributed by atoms with van der Waals surface area (Å²) in [7, 11) is -2.28. The molecule has 1 N–H and O–H groups in total. The number of nitrogens with zero attached hydrogens (tertiary/aromatic N) is 5. The van der Waals surface area contributed by atoms with E-state index in [4.69, 9.17) is 14.5 Å². The summed E-state index contributed by atoms with van der Waals surface area (Å²) in [6, 6.07) is 6.08. The minimum absolute atomic E-state index is 0.00399. The van der Waals surface area contributed by atoms with Gasteiger partial charge in [0.05, 0.1) is 29.7 Å². The minimum Gasteiger partial charge on any atom is -0.508 e. The van der Waals surface area contributed by atoms with Crippen LogP contribution in [0, 0.1) is 29.0 Å². The lowest BCUT2D eigenvalue weighted by Crippen LogP contribution is -2.43. The first-order valence-electron chi connectivity index (χ1n) is 19.5. The lowest BCUT2D eigenvalue weighted by molar-refractivity contribution is 0.107. The van der Waals surface area contributed by atoms with Crippen LogP contribution in [0.1, 0.15) is 72.8 Å². The van der Waals surface area contributed by atoms with Gasteiger partial charge >= 0.3 is 6.01 Å². The number of phenols is 1. The number of ether oxygens (including phenoxy) is 2. The van der Waals surface area contributed by atoms with E-state index in [-0.39, 0.29) is 46.7 Å². The zero-order valence-electron chi connectivity index (χ0n) is 32.1. The van der Waals surface area contributed by atoms with Crippen LogP contribution >= 0.6 is 0 Å². The van der Waals surface area contributed by atoms with Crippen molar-refractivity contribution >= 4 is 35.6 Å². The predicted molar refractivity (Wildman–Crippen MR) is 208 cm³/mol. The number of fused-ring (bicyclic) bond motifs is 4. The molecule has 4 aliphatic rings. The molecule has 0 unspecified atom stereocenters. The number of hydrogen-bond acceptors (Lipinski definition) is 8. The summed E-state index contributed by atoms with van der Waals surface area (Å²) in [6.07, 6.45) is 3.72. The van der Waals surface area contributed by atoms with Crippen LogP contribution in [-0.4, -0.2) is 90.2 Å². The highest BCUT2D eigenvalue weighted by molar-refractivity contribution is 6.90. The van der Waals surface area contributed by atoms with Crippen molar-refractivity contribution in [1.29, 1.82) is 0 Å². The van der Waals surface area contributed by atoms with Crippen LogP contribution in [0.3, 0.4) is 0 Å². The van der Waals surface area contributed by atoms with Gasteiger partial charge in [-0.25, -0.2) is 13.2 Å². The fourth-order valence-electron chi connectivity index (χ4n) is 10.1. The number of hydrogen-bond donors (Lipinski definition) is 1. The van der Waals surface area contributed by atoms with E-state index in [2.05, 4.69) is 72.8 Å². The van der Waals surface area contributed by atoms with Gasteiger partial charge in [-0.1, -0.05) is 53.5 Å². The number of pyridine rings is 1. The van der Waals surface area contributed by atoms with Crippen molar-refractivity contribution in [1.82, 2.24) is 19.9 Å². The molecule has 4 atom stereocenters. The maximum absolute atomic E-state index is 17.3. The number of phenolic OH excluding ortho intramolecular Hbond substituents is 1. The molecule has 3 saturated heterocycles. The van der Waals surface area contributed by atoms with Gasteiger partial charge in [-0.15, -0.1) is 5.54 Å². The third-order valence-corrected chi connectivity index (χ3v) is 19.1. The number of aromatic hydroxyl groups is 1. The Morgan fingerprint density at radius 2 is 1.85 bits per heavy atom. The van der Waals surface area contributed by atoms with Crippen LogP contribution in [-0.2, 0) is 4.74 Å². The summed E-state index contributed by atoms with van der Waals surface area (Å²) < 4.78 is 60.2. The second-order valence-electron chi connectivity index (χ2n) is 16.9. The third kappa shape index (κ3) is 6.20. The summed E-state index contributed by atoms with van der Waals surface area (Å²) >= 11 is 0. The maximum Gasteiger partial charge on any atom is 0.319 e. The third-order valence-electron chi connectivity index (χ3n) is 12.8. The number of halogens is 3. The van der Waals surface area contributed by atoms with Crippen molar-refractivity contribution in [3.05, 3.63) is 47.7 Å². The topological polar surface area (TPSA) is 83.8 Å². The van der Waals surface area contributed by atoms with Crippen LogP contribution in [0.4, 0.5) is 19.0 Å². The van der Waals surface area contributed by atoms with E-state index in [1.54, 1.807) is 12.3 Å². The molecule has 286 valence electrons. The van der Waals surface area contributed by atoms with Gasteiger partial charge in [0.15, 0.2) is 5.82 Å². The normalized spacial score (nSPS) is 24.3. The van der Waals surface area contributed by atoms with Gasteiger partial charge in [-0.05, 0) is 66.0 Å². The molecular formula is C42H50F3N5O3Si. The van der Waals surface area contributed by atoms with E-state index in [9.17, 15) is 9.50 Å². The number of benzene rings is 2. The Balaban J connectivity index is 1.29. The van der Waals surface area contributed by atoms with Crippen molar-refractivity contribution in [3.8, 4) is 34.5 Å². The molecule has 8 nitrogen and oxygen atoms in total. The van der Waals surface area contributed by atoms with Gasteiger partial charge in [-0.2, -0.15) is 9.97 Å². The molecule has 1 saturated carbocycles. The standard InChI is InChI=1S/C42H50F3N5O3Si/c1-24(2)54(25(3)4,26(5)6)15-10-31-34(44)9-8-27-16-30(51)18-32(36(27)31)38-37(45)39-33(20-46-38)40(50-13-14-52-22-28-17-35(28)50)48-41(47-39)53-23-42-11-7-12-49(42)21-29(43)19-42/h8-9,16,18,20,24-26,28-29,35,51H,7,11-14,17,19,21-23H2,1-6H3/t28-,29+,35-,42-/m0/s1. The van der Waals surface area contributed by atoms with Gasteiger partial charge in [0.25, 0.3) is 0 Å². The van der Waals surface area contributed by atoms with E-state index in [0.29, 0.717) is 77.2 Å². The SMILES string of the molecule is CC(C)[Si](C#Cc1c(F)ccc2cc(O)cc(-c3ncc4c(N5CCOC[C@@H]6C[C@@H]65)nc(OC[C@@]56CCCN5C[C@H](F)C6)nc4c3F)c12)(C(C)C)C(C)C. The fraction of sp³-hybridized carbons (Fsp3) is 0.548. The van der Waals surface area contributed by atoms with Gasteiger partial charge in [-0.3, -0.25) is 9.88 Å². The van der Waals surface area contributed by atoms with Gasteiger partial charge in [0.1, 0.15) is 49.4 Å². The van der Waals surface area contributed by atoms with Gasteiger partial charge in [0, 0.05) is 48.6 Å². The smallest absolute Gasteiger partial charge is 0.319 e. The Morgan fingerprint density at radius 3 is 2.61 bits per heavy atom. The first-order chi connectivity index (χ1) is 25.8. The summed E-state index contributed by atoms with van der Waals surface area (Å²) in [6.45, 7) is 16.3. The van der Waals surface area contributed by atoms with Crippen molar-refractivity contribution in [2.45, 2.75) is 102 Å². The highest BCUT2D eigenvalue weighted by atomic mass is 28.3. The number of rotatable bonds is 8. The first-order valence-corrected chi connectivity index (χ1v) is 21.8. The van der Waals surface area contributed by atoms with E-state index < -0.39 is 31.4 Å². The molecule has 1 aliphatic carbocycles. The summed E-state index contributed by atoms with van der Waals surface area (Å²) in [5, 5.41) is 12.2. The molecule has 4 aromatic rings. The average molecular weight is 758 g/mol. The molecule has 8 rings (SSSR count). The Hall–Kier alpha value is -3.92. The molecule has 0 amide bonds. The monoisotopic (exact) mass is 757 g/mol. The molecule has 2 aromatic heterocycles. The minimum atomic E-state index is -2.28. The lowest BCUT2D eigenvalue weighted by Gasteiger charge is -2.38. The molecule has 3 aliphatic heterocycles. The molecule has 0 spiro atoms. The van der Waals surface area contributed by atoms with Crippen molar-refractivity contribution in [2.24, 2.45) is 5.92 Å². The van der Waals surface area contributed by atoms with E-state index in [1.165, 1.54) is 18.2 Å². The van der Waals surface area contributed by atoms with Crippen LogP contribution in [0.5, 0.6) is 11.8 Å². The molecule has 5 heterocycles. The van der Waals surface area contributed by atoms with Gasteiger partial charge in [0.2, 0.25) is 0 Å². The molecule has 0 radical (unpaired) electrons. The zero-order chi connectivity index (χ0) is 38.1. The molecule has 0 bridgehead atoms. The molecule has 12 heteroatoms. The Labute approximate surface area is 316 Å². The highest BCUT2D eigenvalue weighted by Gasteiger charge is 2.50. The average Bonchev–Trinajstić information content (AvgIpc) is 3.73. The number of anilines is 1. The van der Waals surface area contributed by atoms with Crippen LogP contribution < -0.4 is 9.64 Å². The fourth-order valence-corrected chi connectivity index (χ4v) is 15.3. The Kier molecular flexibility index (Phi) is 9.59. The molecule has 4 fully saturated rings. The predicted octanol–water partition coefficient (Wildman–Crippen LogP) is 8.58. The highest BCUT2D eigenvalue weighted by Crippen LogP contribution is 2.45. The Bertz CT molecular complexity index is 2150. The van der Waals surface area contributed by atoms with Crippen LogP contribution in [0.2, 0.25) is 16.6 Å². The van der Waals surface area contributed by atoms with Crippen molar-refractivity contribution in [2.75, 3.05) is 44.4 Å². The summed E-state index contributed by atoms with van der Waals surface area (Å²) in [5.41, 5.74) is 4.43. The molecule has 54 heavy (non-hydrogen) atoms. The van der Waals surface area contributed by atoms with E-state index >= 15 is 8.78 Å². The van der Waals surface area contributed by atoms with E-state index in [1.807, 2.05) is 0 Å². The van der Waals surface area contributed by atoms with Crippen LogP contribution in [0.15, 0.2) is 30.5 Å². The molecule has 2 aromatic carbocycles. The number of alkyl halides is 1. The maximum atomic E-state index is 17.3. The second kappa shape index (κ2) is 14.0. The summed E-state index contributed by atoms with van der Waals surface area (Å²) in [5.74, 6) is 2.77. The van der Waals surface area contributed by atoms with Crippen molar-refractivity contribution < 1.29 is 27.8 Å². The van der Waals surface area contributed by atoms with E-state index in [0.717, 1.165) is 25.8 Å². The zero-order valence-corrected chi connectivity index (χ0v) is 33.1. The van der Waals surface area contributed by atoms with Gasteiger partial charge < -0.3 is 19.5 Å². The largest absolute Gasteiger partial charge is 0.508 e. The second-order valence-corrected chi connectivity index (χ2v) is 22.4. The Morgan fingerprint density at radius 1 is 1.07 bits per heavy atom. The molecular weight excluding hydrogens is 708 g/mol. The van der Waals surface area contributed by atoms with Crippen molar-refractivity contribution in [3.63, 3.8) is 0 Å². The van der Waals surface area contributed by atoms with Crippen LogP contribution in [0.25, 0.3) is 32.9 Å². The number of aromatic nitrogens is 3. The quantitative estimate of drug-likeness (QED) is 0.142. The lowest BCUT2D eigenvalue weighted by atomic mass is 9.95. The first kappa shape index (κ1) is 37.0.